The highest BCUT2D eigenvalue weighted by Crippen LogP contribution is 2.27. The molecule has 1 aromatic rings. The van der Waals surface area contributed by atoms with Gasteiger partial charge in [-0.05, 0) is 63.3 Å². The molecule has 112 valence electrons. The van der Waals surface area contributed by atoms with Crippen molar-refractivity contribution >= 4 is 5.69 Å². The lowest BCUT2D eigenvalue weighted by molar-refractivity contribution is 0.424. The Bertz CT molecular complexity index is 445. The van der Waals surface area contributed by atoms with E-state index in [1.165, 1.54) is 42.7 Å². The predicted molar refractivity (Wildman–Crippen MR) is 88.4 cm³/mol. The number of benzene rings is 1. The lowest BCUT2D eigenvalue weighted by atomic mass is 10.0. The molecule has 0 aliphatic carbocycles. The second-order valence-electron chi connectivity index (χ2n) is 7.22. The molecule has 0 aromatic heterocycles. The molecule has 0 saturated carbocycles. The molecule has 0 radical (unpaired) electrons. The first kappa shape index (κ1) is 15.4. The van der Waals surface area contributed by atoms with Gasteiger partial charge in [0.1, 0.15) is 0 Å². The van der Waals surface area contributed by atoms with Crippen molar-refractivity contribution in [3.8, 4) is 0 Å². The molecule has 1 unspecified atom stereocenters. The summed E-state index contributed by atoms with van der Waals surface area (Å²) in [5.74, 6) is 0.887. The predicted octanol–water partition coefficient (Wildman–Crippen LogP) is 4.12. The second-order valence-corrected chi connectivity index (χ2v) is 7.22. The number of anilines is 1. The Kier molecular flexibility index (Phi) is 4.74. The molecule has 0 bridgehead atoms. The molecule has 2 nitrogen and oxygen atoms in total. The maximum Gasteiger partial charge on any atom is 0.0369 e. The molecule has 2 rings (SSSR count). The third kappa shape index (κ3) is 3.99. The normalized spacial score (nSPS) is 19.6. The van der Waals surface area contributed by atoms with Crippen LogP contribution in [-0.4, -0.2) is 18.6 Å². The van der Waals surface area contributed by atoms with Gasteiger partial charge in [-0.15, -0.1) is 0 Å². The minimum atomic E-state index is 0.175. The summed E-state index contributed by atoms with van der Waals surface area (Å²) in [7, 11) is 0. The first-order chi connectivity index (χ1) is 9.39. The lowest BCUT2D eigenvalue weighted by Gasteiger charge is -2.23. The van der Waals surface area contributed by atoms with E-state index in [0.717, 1.165) is 12.5 Å². The van der Waals surface area contributed by atoms with Gasteiger partial charge >= 0.3 is 0 Å². The van der Waals surface area contributed by atoms with Gasteiger partial charge in [-0.25, -0.2) is 0 Å². The van der Waals surface area contributed by atoms with E-state index in [2.05, 4.69) is 63.0 Å². The molecule has 2 heteroatoms. The quantitative estimate of drug-likeness (QED) is 0.888. The Labute approximate surface area is 124 Å². The molecular formula is C18H30N2. The highest BCUT2D eigenvalue weighted by Gasteiger charge is 2.21. The van der Waals surface area contributed by atoms with Gasteiger partial charge in [0, 0.05) is 30.9 Å². The van der Waals surface area contributed by atoms with Crippen LogP contribution in [0.3, 0.4) is 0 Å². The number of hydrogen-bond acceptors (Lipinski definition) is 2. The van der Waals surface area contributed by atoms with Crippen LogP contribution < -0.4 is 10.2 Å². The second kappa shape index (κ2) is 6.17. The third-order valence-electron chi connectivity index (χ3n) is 4.36. The van der Waals surface area contributed by atoms with Crippen molar-refractivity contribution < 1.29 is 0 Å². The van der Waals surface area contributed by atoms with Crippen LogP contribution in [-0.2, 0) is 6.54 Å². The van der Waals surface area contributed by atoms with Gasteiger partial charge in [0.15, 0.2) is 0 Å². The summed E-state index contributed by atoms with van der Waals surface area (Å²) in [6.07, 6.45) is 2.66. The Morgan fingerprint density at radius 1 is 1.30 bits per heavy atom. The van der Waals surface area contributed by atoms with Crippen LogP contribution in [0, 0.1) is 12.8 Å². The number of rotatable bonds is 4. The van der Waals surface area contributed by atoms with Crippen LogP contribution >= 0.6 is 0 Å². The Hall–Kier alpha value is -1.02. The van der Waals surface area contributed by atoms with Crippen molar-refractivity contribution in [1.82, 2.24) is 5.32 Å². The van der Waals surface area contributed by atoms with Gasteiger partial charge in [0.25, 0.3) is 0 Å². The molecule has 1 heterocycles. The first-order valence-electron chi connectivity index (χ1n) is 7.98. The van der Waals surface area contributed by atoms with E-state index in [-0.39, 0.29) is 5.54 Å². The zero-order valence-corrected chi connectivity index (χ0v) is 13.8. The summed E-state index contributed by atoms with van der Waals surface area (Å²) in [6, 6.07) is 6.95. The van der Waals surface area contributed by atoms with Crippen molar-refractivity contribution in [1.29, 1.82) is 0 Å². The molecule has 1 fully saturated rings. The zero-order valence-electron chi connectivity index (χ0n) is 13.8. The van der Waals surface area contributed by atoms with Gasteiger partial charge in [0.2, 0.25) is 0 Å². The molecule has 1 atom stereocenters. The topological polar surface area (TPSA) is 15.3 Å². The SMILES string of the molecule is CCC1CCN(c2ccc(CNC(C)(C)C)c(C)c2)C1. The molecule has 1 aliphatic heterocycles. The standard InChI is InChI=1S/C18H30N2/c1-6-15-9-10-20(13-15)17-8-7-16(14(2)11-17)12-19-18(3,4)5/h7-8,11,15,19H,6,9-10,12-13H2,1-5H3. The third-order valence-corrected chi connectivity index (χ3v) is 4.36. The van der Waals surface area contributed by atoms with Gasteiger partial charge < -0.3 is 10.2 Å². The summed E-state index contributed by atoms with van der Waals surface area (Å²) in [6.45, 7) is 14.6. The molecule has 1 saturated heterocycles. The van der Waals surface area contributed by atoms with Crippen LogP contribution in [0.2, 0.25) is 0 Å². The highest BCUT2D eigenvalue weighted by molar-refractivity contribution is 5.51. The zero-order chi connectivity index (χ0) is 14.8. The highest BCUT2D eigenvalue weighted by atomic mass is 15.1. The van der Waals surface area contributed by atoms with Crippen LogP contribution in [0.1, 0.15) is 51.7 Å². The fourth-order valence-electron chi connectivity index (χ4n) is 2.84. The largest absolute Gasteiger partial charge is 0.371 e. The van der Waals surface area contributed by atoms with Crippen molar-refractivity contribution in [2.45, 2.75) is 59.5 Å². The van der Waals surface area contributed by atoms with Crippen LogP contribution in [0.15, 0.2) is 18.2 Å². The number of aryl methyl sites for hydroxylation is 1. The fourth-order valence-corrected chi connectivity index (χ4v) is 2.84. The summed E-state index contributed by atoms with van der Waals surface area (Å²) in [5, 5.41) is 3.57. The van der Waals surface area contributed by atoms with E-state index in [0.29, 0.717) is 0 Å². The van der Waals surface area contributed by atoms with Crippen molar-refractivity contribution in [2.75, 3.05) is 18.0 Å². The van der Waals surface area contributed by atoms with Gasteiger partial charge in [-0.3, -0.25) is 0 Å². The molecule has 20 heavy (non-hydrogen) atoms. The monoisotopic (exact) mass is 274 g/mol. The van der Waals surface area contributed by atoms with E-state index in [1.54, 1.807) is 0 Å². The van der Waals surface area contributed by atoms with E-state index >= 15 is 0 Å². The average molecular weight is 274 g/mol. The smallest absolute Gasteiger partial charge is 0.0369 e. The molecular weight excluding hydrogens is 244 g/mol. The summed E-state index contributed by atoms with van der Waals surface area (Å²) < 4.78 is 0. The van der Waals surface area contributed by atoms with Gasteiger partial charge in [-0.1, -0.05) is 19.4 Å². The molecule has 1 N–H and O–H groups in total. The number of nitrogens with zero attached hydrogens (tertiary/aromatic N) is 1. The van der Waals surface area contributed by atoms with E-state index < -0.39 is 0 Å². The van der Waals surface area contributed by atoms with E-state index in [9.17, 15) is 0 Å². The maximum absolute atomic E-state index is 3.57. The van der Waals surface area contributed by atoms with Crippen LogP contribution in [0.25, 0.3) is 0 Å². The van der Waals surface area contributed by atoms with Gasteiger partial charge in [-0.2, -0.15) is 0 Å². The Morgan fingerprint density at radius 2 is 2.05 bits per heavy atom. The number of nitrogens with one attached hydrogen (secondary N) is 1. The minimum Gasteiger partial charge on any atom is -0.371 e. The maximum atomic E-state index is 3.57. The molecule has 1 aromatic carbocycles. The van der Waals surface area contributed by atoms with Crippen molar-refractivity contribution in [3.05, 3.63) is 29.3 Å². The van der Waals surface area contributed by atoms with Gasteiger partial charge in [0.05, 0.1) is 0 Å². The molecule has 0 spiro atoms. The van der Waals surface area contributed by atoms with Crippen LogP contribution in [0.5, 0.6) is 0 Å². The number of hydrogen-bond donors (Lipinski definition) is 1. The average Bonchev–Trinajstić information content (AvgIpc) is 2.85. The summed E-state index contributed by atoms with van der Waals surface area (Å²) in [5.41, 5.74) is 4.39. The van der Waals surface area contributed by atoms with E-state index in [1.807, 2.05) is 0 Å². The van der Waals surface area contributed by atoms with Crippen molar-refractivity contribution in [3.63, 3.8) is 0 Å². The summed E-state index contributed by atoms with van der Waals surface area (Å²) >= 11 is 0. The van der Waals surface area contributed by atoms with E-state index in [4.69, 9.17) is 0 Å². The molecule has 1 aliphatic rings. The minimum absolute atomic E-state index is 0.175. The Morgan fingerprint density at radius 3 is 2.60 bits per heavy atom. The lowest BCUT2D eigenvalue weighted by Crippen LogP contribution is -2.35. The summed E-state index contributed by atoms with van der Waals surface area (Å²) in [4.78, 5) is 2.54. The van der Waals surface area contributed by atoms with Crippen molar-refractivity contribution in [2.24, 2.45) is 5.92 Å². The Balaban J connectivity index is 2.02. The first-order valence-corrected chi connectivity index (χ1v) is 7.98. The molecule has 0 amide bonds. The van der Waals surface area contributed by atoms with Crippen LogP contribution in [0.4, 0.5) is 5.69 Å². The fraction of sp³-hybridized carbons (Fsp3) is 0.667.